The number of nitrogens with zero attached hydrogens (tertiary/aromatic N) is 2. The summed E-state index contributed by atoms with van der Waals surface area (Å²) in [6.07, 6.45) is 0. The average molecular weight is 337 g/mol. The van der Waals surface area contributed by atoms with E-state index in [2.05, 4.69) is 10.0 Å². The Morgan fingerprint density at radius 1 is 1.14 bits per heavy atom. The second kappa shape index (κ2) is 6.18. The van der Waals surface area contributed by atoms with E-state index in [9.17, 15) is 9.59 Å². The molecule has 0 unspecified atom stereocenters. The predicted octanol–water partition coefficient (Wildman–Crippen LogP) is 1.54. The van der Waals surface area contributed by atoms with Gasteiger partial charge in [0.15, 0.2) is 10.1 Å². The van der Waals surface area contributed by atoms with E-state index in [-0.39, 0.29) is 11.4 Å². The lowest BCUT2D eigenvalue weighted by Gasteiger charge is -1.94. The van der Waals surface area contributed by atoms with Gasteiger partial charge in [-0.25, -0.2) is 0 Å². The van der Waals surface area contributed by atoms with Crippen LogP contribution >= 0.6 is 22.7 Å². The SMILES string of the molecule is COO[n+]1onc(C(=O)c2cccs2)c1C(=O)c1cccs1. The van der Waals surface area contributed by atoms with Crippen molar-refractivity contribution in [1.29, 1.82) is 0 Å². The molecule has 0 spiro atoms. The number of aromatic nitrogens is 2. The Morgan fingerprint density at radius 2 is 1.77 bits per heavy atom. The van der Waals surface area contributed by atoms with Crippen LogP contribution in [0.3, 0.4) is 0 Å². The normalized spacial score (nSPS) is 10.6. The van der Waals surface area contributed by atoms with Crippen LogP contribution in [0.15, 0.2) is 39.7 Å². The van der Waals surface area contributed by atoms with Gasteiger partial charge >= 0.3 is 11.4 Å². The zero-order valence-electron chi connectivity index (χ0n) is 11.2. The molecule has 3 heterocycles. The summed E-state index contributed by atoms with van der Waals surface area (Å²) in [5.41, 5.74) is -0.249. The van der Waals surface area contributed by atoms with Crippen LogP contribution in [-0.4, -0.2) is 23.8 Å². The largest absolute Gasteiger partial charge is 0.331 e. The molecule has 0 fully saturated rings. The van der Waals surface area contributed by atoms with Crippen LogP contribution in [0.4, 0.5) is 0 Å². The fourth-order valence-electron chi connectivity index (χ4n) is 1.76. The monoisotopic (exact) mass is 337 g/mol. The highest BCUT2D eigenvalue weighted by molar-refractivity contribution is 7.12. The van der Waals surface area contributed by atoms with Crippen molar-refractivity contribution in [3.05, 3.63) is 56.2 Å². The van der Waals surface area contributed by atoms with E-state index in [1.54, 1.807) is 35.0 Å². The summed E-state index contributed by atoms with van der Waals surface area (Å²) in [5.74, 6) is -0.856. The van der Waals surface area contributed by atoms with Gasteiger partial charge in [0.05, 0.1) is 16.9 Å². The minimum atomic E-state index is -0.437. The summed E-state index contributed by atoms with van der Waals surface area (Å²) >= 11 is 2.48. The van der Waals surface area contributed by atoms with E-state index in [1.807, 2.05) is 0 Å². The molecule has 0 amide bonds. The molecule has 0 radical (unpaired) electrons. The van der Waals surface area contributed by atoms with Gasteiger partial charge in [0.25, 0.3) is 11.6 Å². The van der Waals surface area contributed by atoms with Crippen LogP contribution in [0, 0.1) is 0 Å². The molecule has 0 aliphatic rings. The first-order chi connectivity index (χ1) is 10.7. The second-order valence-corrected chi connectivity index (χ2v) is 5.88. The molecule has 0 aliphatic heterocycles. The van der Waals surface area contributed by atoms with Crippen molar-refractivity contribution in [3.63, 3.8) is 0 Å². The smallest absolute Gasteiger partial charge is 0.283 e. The van der Waals surface area contributed by atoms with Crippen molar-refractivity contribution in [3.8, 4) is 0 Å². The lowest BCUT2D eigenvalue weighted by Crippen LogP contribution is -2.46. The maximum Gasteiger partial charge on any atom is 0.331 e. The van der Waals surface area contributed by atoms with Crippen LogP contribution in [0.1, 0.15) is 30.7 Å². The number of thiophene rings is 2. The number of hydrogen-bond donors (Lipinski definition) is 0. The molecule has 3 aromatic rings. The first kappa shape index (κ1) is 14.6. The second-order valence-electron chi connectivity index (χ2n) is 3.98. The molecular weight excluding hydrogens is 328 g/mol. The number of carbonyl (C=O) groups is 2. The molecule has 0 aliphatic carbocycles. The average Bonchev–Trinajstić information content (AvgIpc) is 3.26. The molecule has 7 nitrogen and oxygen atoms in total. The van der Waals surface area contributed by atoms with Crippen molar-refractivity contribution >= 4 is 34.2 Å². The summed E-state index contributed by atoms with van der Waals surface area (Å²) < 4.78 is 4.86. The topological polar surface area (TPSA) is 82.5 Å². The first-order valence-electron chi connectivity index (χ1n) is 6.02. The van der Waals surface area contributed by atoms with Crippen molar-refractivity contribution in [2.75, 3.05) is 7.11 Å². The van der Waals surface area contributed by atoms with Crippen LogP contribution < -0.4 is 9.89 Å². The lowest BCUT2D eigenvalue weighted by molar-refractivity contribution is -1.07. The summed E-state index contributed by atoms with van der Waals surface area (Å²) in [5, 5.41) is 7.16. The van der Waals surface area contributed by atoms with E-state index in [4.69, 9.17) is 9.62 Å². The third-order valence-corrected chi connectivity index (χ3v) is 4.41. The fourth-order valence-corrected chi connectivity index (χ4v) is 3.08. The maximum atomic E-state index is 12.6. The standard InChI is InChI=1S/C13H9N2O5S2/c1-18-20-15-11(13(17)9-5-3-7-22-9)10(14-19-15)12(16)8-4-2-6-21-8/h2-7H,1H3/q+1. The number of rotatable bonds is 6. The van der Waals surface area contributed by atoms with Gasteiger partial charge in [-0.15, -0.1) is 32.5 Å². The van der Waals surface area contributed by atoms with E-state index in [0.29, 0.717) is 14.7 Å². The molecule has 3 aromatic heterocycles. The first-order valence-corrected chi connectivity index (χ1v) is 7.78. The van der Waals surface area contributed by atoms with E-state index >= 15 is 0 Å². The molecular formula is C13H9N2O5S2+. The molecule has 0 saturated heterocycles. The third kappa shape index (κ3) is 2.56. The Kier molecular flexibility index (Phi) is 4.09. The Morgan fingerprint density at radius 3 is 2.32 bits per heavy atom. The van der Waals surface area contributed by atoms with Crippen LogP contribution in [0.25, 0.3) is 0 Å². The van der Waals surface area contributed by atoms with Gasteiger partial charge in [-0.3, -0.25) is 9.59 Å². The van der Waals surface area contributed by atoms with Crippen molar-refractivity contribution < 1.29 is 29.0 Å². The van der Waals surface area contributed by atoms with E-state index in [0.717, 1.165) is 0 Å². The molecule has 9 heteroatoms. The molecule has 0 atom stereocenters. The Labute approximate surface area is 132 Å². The maximum absolute atomic E-state index is 12.6. The zero-order chi connectivity index (χ0) is 15.5. The Balaban J connectivity index is 2.07. The molecule has 0 N–H and O–H groups in total. The highest BCUT2D eigenvalue weighted by Gasteiger charge is 2.39. The molecule has 0 saturated carbocycles. The minimum absolute atomic E-state index is 0.123. The fraction of sp³-hybridized carbons (Fsp3) is 0.0769. The van der Waals surface area contributed by atoms with Gasteiger partial charge in [-0.1, -0.05) is 12.1 Å². The predicted molar refractivity (Wildman–Crippen MR) is 75.8 cm³/mol. The highest BCUT2D eigenvalue weighted by Crippen LogP contribution is 2.19. The number of hydrogen-bond acceptors (Lipinski definition) is 8. The number of carbonyl (C=O) groups excluding carboxylic acids is 2. The molecule has 22 heavy (non-hydrogen) atoms. The quantitative estimate of drug-likeness (QED) is 0.385. The molecule has 0 bridgehead atoms. The van der Waals surface area contributed by atoms with Crippen molar-refractivity contribution in [1.82, 2.24) is 5.16 Å². The van der Waals surface area contributed by atoms with Crippen LogP contribution in [0.2, 0.25) is 0 Å². The molecule has 3 rings (SSSR count). The minimum Gasteiger partial charge on any atom is -0.283 e. The van der Waals surface area contributed by atoms with Crippen LogP contribution in [0.5, 0.6) is 0 Å². The summed E-state index contributed by atoms with van der Waals surface area (Å²) in [6, 6.07) is 6.74. The molecule has 112 valence electrons. The van der Waals surface area contributed by atoms with Gasteiger partial charge in [-0.05, 0) is 27.5 Å². The summed E-state index contributed by atoms with van der Waals surface area (Å²) in [4.78, 5) is 35.8. The van der Waals surface area contributed by atoms with Gasteiger partial charge in [0, 0.05) is 0 Å². The van der Waals surface area contributed by atoms with Crippen LogP contribution in [-0.2, 0) is 4.89 Å². The zero-order valence-corrected chi connectivity index (χ0v) is 12.8. The Hall–Kier alpha value is -2.36. The highest BCUT2D eigenvalue weighted by atomic mass is 32.1. The summed E-state index contributed by atoms with van der Waals surface area (Å²) in [6.45, 7) is 0. The Bertz CT molecular complexity index is 793. The third-order valence-electron chi connectivity index (χ3n) is 2.68. The van der Waals surface area contributed by atoms with Gasteiger partial charge in [0.2, 0.25) is 0 Å². The van der Waals surface area contributed by atoms with Crippen molar-refractivity contribution in [2.24, 2.45) is 0 Å². The van der Waals surface area contributed by atoms with Gasteiger partial charge in [-0.2, -0.15) is 0 Å². The van der Waals surface area contributed by atoms with E-state index in [1.165, 1.54) is 29.8 Å². The summed E-state index contributed by atoms with van der Waals surface area (Å²) in [7, 11) is 1.25. The van der Waals surface area contributed by atoms with Crippen molar-refractivity contribution in [2.45, 2.75) is 0 Å². The number of ketones is 2. The van der Waals surface area contributed by atoms with Gasteiger partial charge < -0.3 is 0 Å². The van der Waals surface area contributed by atoms with Gasteiger partial charge in [0.1, 0.15) is 0 Å². The molecule has 0 aromatic carbocycles. The lowest BCUT2D eigenvalue weighted by atomic mass is 10.1. The van der Waals surface area contributed by atoms with E-state index < -0.39 is 11.6 Å².